The Bertz CT molecular complexity index is 960. The Balaban J connectivity index is 0.000000374. The zero-order valence-corrected chi connectivity index (χ0v) is 20.1. The highest BCUT2D eigenvalue weighted by Gasteiger charge is 2.45. The third-order valence-electron chi connectivity index (χ3n) is 6.17. The molecule has 1 aliphatic carbocycles. The number of nitrogens with zero attached hydrogens (tertiary/aromatic N) is 1. The molecule has 7 heteroatoms. The summed E-state index contributed by atoms with van der Waals surface area (Å²) in [5.74, 6) is -1.57. The normalized spacial score (nSPS) is 21.1. The molecule has 33 heavy (non-hydrogen) atoms. The quantitative estimate of drug-likeness (QED) is 0.502. The number of halogens is 2. The van der Waals surface area contributed by atoms with Crippen molar-refractivity contribution in [2.75, 3.05) is 0 Å². The van der Waals surface area contributed by atoms with Gasteiger partial charge in [-0.3, -0.25) is 14.4 Å². The average Bonchev–Trinajstić information content (AvgIpc) is 3.63. The molecule has 1 aliphatic heterocycles. The highest BCUT2D eigenvalue weighted by molar-refractivity contribution is 6.30. The fraction of sp³-hybridized carbons (Fsp3) is 0.423. The Labute approximate surface area is 204 Å². The summed E-state index contributed by atoms with van der Waals surface area (Å²) in [5, 5.41) is 10.5. The van der Waals surface area contributed by atoms with E-state index in [-0.39, 0.29) is 30.1 Å². The number of likely N-dealkylation sites (tertiary alicyclic amines) is 1. The second kappa shape index (κ2) is 11.7. The Kier molecular flexibility index (Phi) is 8.93. The maximum Gasteiger partial charge on any atom is 0.304 e. The predicted octanol–water partition coefficient (Wildman–Crippen LogP) is 6.19. The van der Waals surface area contributed by atoms with Gasteiger partial charge in [-0.15, -0.1) is 0 Å². The molecule has 3 atom stereocenters. The number of hydrogen-bond donors (Lipinski definition) is 1. The van der Waals surface area contributed by atoms with E-state index in [4.69, 9.17) is 28.3 Å². The minimum Gasteiger partial charge on any atom is -0.481 e. The van der Waals surface area contributed by atoms with E-state index >= 15 is 0 Å². The molecule has 1 heterocycles. The van der Waals surface area contributed by atoms with Gasteiger partial charge in [0, 0.05) is 21.9 Å². The second-order valence-corrected chi connectivity index (χ2v) is 9.45. The summed E-state index contributed by atoms with van der Waals surface area (Å²) in [7, 11) is 0. The third-order valence-corrected chi connectivity index (χ3v) is 6.67. The Morgan fingerprint density at radius 3 is 2.06 bits per heavy atom. The van der Waals surface area contributed by atoms with Crippen molar-refractivity contribution in [1.82, 2.24) is 4.90 Å². The van der Waals surface area contributed by atoms with E-state index < -0.39 is 17.9 Å². The molecule has 0 radical (unpaired) electrons. The number of carboxylic acids is 1. The number of ketones is 1. The van der Waals surface area contributed by atoms with Crippen molar-refractivity contribution in [3.63, 3.8) is 0 Å². The first kappa shape index (κ1) is 25.3. The SMILES string of the molecule is CCC(C(=O)C1CC1)N1C(=O)C(CC(=O)O)CCC1c1ccc(Cl)cc1.Clc1ccccc1. The molecule has 0 spiro atoms. The average molecular weight is 490 g/mol. The van der Waals surface area contributed by atoms with Gasteiger partial charge in [0.1, 0.15) is 0 Å². The van der Waals surface area contributed by atoms with Crippen molar-refractivity contribution in [2.24, 2.45) is 11.8 Å². The maximum absolute atomic E-state index is 13.1. The van der Waals surface area contributed by atoms with Gasteiger partial charge in [0.2, 0.25) is 5.91 Å². The molecule has 1 amide bonds. The van der Waals surface area contributed by atoms with Gasteiger partial charge in [-0.2, -0.15) is 0 Å². The molecule has 2 aromatic carbocycles. The smallest absolute Gasteiger partial charge is 0.304 e. The minimum atomic E-state index is -0.977. The van der Waals surface area contributed by atoms with Crippen LogP contribution >= 0.6 is 23.2 Å². The van der Waals surface area contributed by atoms with E-state index in [1.54, 1.807) is 17.0 Å². The molecule has 1 N–H and O–H groups in total. The summed E-state index contributed by atoms with van der Waals surface area (Å²) >= 11 is 11.5. The van der Waals surface area contributed by atoms with Gasteiger partial charge < -0.3 is 10.0 Å². The fourth-order valence-corrected chi connectivity index (χ4v) is 4.63. The molecule has 2 fully saturated rings. The maximum atomic E-state index is 13.1. The van der Waals surface area contributed by atoms with Gasteiger partial charge in [-0.25, -0.2) is 0 Å². The number of amides is 1. The van der Waals surface area contributed by atoms with Gasteiger partial charge in [0.25, 0.3) is 0 Å². The number of piperidine rings is 1. The van der Waals surface area contributed by atoms with E-state index in [1.165, 1.54) is 0 Å². The molecular formula is C26H29Cl2NO4. The van der Waals surface area contributed by atoms with E-state index in [9.17, 15) is 14.4 Å². The Morgan fingerprint density at radius 2 is 1.58 bits per heavy atom. The van der Waals surface area contributed by atoms with Crippen molar-refractivity contribution in [2.45, 2.75) is 57.5 Å². The lowest BCUT2D eigenvalue weighted by Crippen LogP contribution is -2.52. The van der Waals surface area contributed by atoms with E-state index in [0.29, 0.717) is 24.3 Å². The van der Waals surface area contributed by atoms with Gasteiger partial charge in [0.15, 0.2) is 5.78 Å². The molecule has 5 nitrogen and oxygen atoms in total. The number of aliphatic carboxylic acids is 1. The van der Waals surface area contributed by atoms with Crippen LogP contribution in [-0.2, 0) is 14.4 Å². The summed E-state index contributed by atoms with van der Waals surface area (Å²) < 4.78 is 0. The zero-order valence-electron chi connectivity index (χ0n) is 18.6. The van der Waals surface area contributed by atoms with Crippen molar-refractivity contribution >= 4 is 40.9 Å². The molecule has 4 rings (SSSR count). The number of carbonyl (C=O) groups excluding carboxylic acids is 2. The monoisotopic (exact) mass is 489 g/mol. The first-order chi connectivity index (χ1) is 15.8. The summed E-state index contributed by atoms with van der Waals surface area (Å²) in [6, 6.07) is 16.1. The number of hydrogen-bond acceptors (Lipinski definition) is 3. The van der Waals surface area contributed by atoms with Gasteiger partial charge in [-0.1, -0.05) is 60.5 Å². The predicted molar refractivity (Wildman–Crippen MR) is 129 cm³/mol. The zero-order chi connectivity index (χ0) is 24.0. The molecule has 2 aliphatic rings. The molecule has 0 bridgehead atoms. The molecular weight excluding hydrogens is 461 g/mol. The lowest BCUT2D eigenvalue weighted by Gasteiger charge is -2.43. The summed E-state index contributed by atoms with van der Waals surface area (Å²) in [6.45, 7) is 1.91. The van der Waals surface area contributed by atoms with Crippen LogP contribution in [0.4, 0.5) is 0 Å². The number of carbonyl (C=O) groups is 3. The van der Waals surface area contributed by atoms with E-state index in [1.807, 2.05) is 49.4 Å². The van der Waals surface area contributed by atoms with Crippen LogP contribution in [-0.4, -0.2) is 33.7 Å². The highest BCUT2D eigenvalue weighted by Crippen LogP contribution is 2.41. The van der Waals surface area contributed by atoms with Crippen LogP contribution in [0.2, 0.25) is 10.0 Å². The first-order valence-electron chi connectivity index (χ1n) is 11.4. The fourth-order valence-electron chi connectivity index (χ4n) is 4.36. The lowest BCUT2D eigenvalue weighted by atomic mass is 9.84. The summed E-state index contributed by atoms with van der Waals surface area (Å²) in [6.07, 6.45) is 3.31. The van der Waals surface area contributed by atoms with Crippen molar-refractivity contribution in [3.05, 3.63) is 70.2 Å². The van der Waals surface area contributed by atoms with Crippen LogP contribution in [0.15, 0.2) is 54.6 Å². The molecule has 1 saturated carbocycles. The van der Waals surface area contributed by atoms with Crippen LogP contribution in [0, 0.1) is 11.8 Å². The highest BCUT2D eigenvalue weighted by atomic mass is 35.5. The Morgan fingerprint density at radius 1 is 0.970 bits per heavy atom. The van der Waals surface area contributed by atoms with Crippen LogP contribution in [0.5, 0.6) is 0 Å². The molecule has 2 aromatic rings. The van der Waals surface area contributed by atoms with Crippen molar-refractivity contribution in [1.29, 1.82) is 0 Å². The first-order valence-corrected chi connectivity index (χ1v) is 12.1. The number of benzene rings is 2. The van der Waals surface area contributed by atoms with Crippen molar-refractivity contribution < 1.29 is 19.5 Å². The lowest BCUT2D eigenvalue weighted by molar-refractivity contribution is -0.154. The van der Waals surface area contributed by atoms with E-state index in [0.717, 1.165) is 23.4 Å². The number of rotatable bonds is 7. The summed E-state index contributed by atoms with van der Waals surface area (Å²) in [5.41, 5.74) is 0.943. The Hall–Kier alpha value is -2.37. The van der Waals surface area contributed by atoms with Crippen molar-refractivity contribution in [3.8, 4) is 0 Å². The molecule has 3 unspecified atom stereocenters. The largest absolute Gasteiger partial charge is 0.481 e. The third kappa shape index (κ3) is 6.81. The van der Waals surface area contributed by atoms with E-state index in [2.05, 4.69) is 0 Å². The standard InChI is InChI=1S/C20H24ClNO4.C6H5Cl/c1-2-16(19(25)13-3-4-13)22-17(12-5-8-15(21)9-6-12)10-7-14(20(22)26)11-18(23)24;7-6-4-2-1-3-5-6/h5-6,8-9,13-14,16-17H,2-4,7,10-11H2,1H3,(H,23,24);1-5H. The van der Waals surface area contributed by atoms with Crippen LogP contribution in [0.3, 0.4) is 0 Å². The molecule has 1 saturated heterocycles. The number of carboxylic acid groups (broad SMARTS) is 1. The molecule has 176 valence electrons. The summed E-state index contributed by atoms with van der Waals surface area (Å²) in [4.78, 5) is 38.8. The second-order valence-electron chi connectivity index (χ2n) is 8.58. The van der Waals surface area contributed by atoms with Crippen LogP contribution < -0.4 is 0 Å². The molecule has 0 aromatic heterocycles. The topological polar surface area (TPSA) is 74.7 Å². The van der Waals surface area contributed by atoms with Gasteiger partial charge in [-0.05, 0) is 61.9 Å². The van der Waals surface area contributed by atoms with Gasteiger partial charge in [0.05, 0.1) is 18.5 Å². The van der Waals surface area contributed by atoms with Gasteiger partial charge >= 0.3 is 5.97 Å². The van der Waals surface area contributed by atoms with Crippen LogP contribution in [0.1, 0.15) is 57.1 Å². The minimum absolute atomic E-state index is 0.0541. The number of Topliss-reactive ketones (excluding diaryl/α,β-unsaturated/α-hetero) is 1. The van der Waals surface area contributed by atoms with Crippen LogP contribution in [0.25, 0.3) is 0 Å².